The summed E-state index contributed by atoms with van der Waals surface area (Å²) in [5, 5.41) is 16.8. The molecule has 13 heavy (non-hydrogen) atoms. The lowest BCUT2D eigenvalue weighted by Gasteiger charge is -1.82. The van der Waals surface area contributed by atoms with Crippen LogP contribution in [0.1, 0.15) is 19.3 Å². The summed E-state index contributed by atoms with van der Waals surface area (Å²) in [5.74, 6) is -2.19. The topological polar surface area (TPSA) is 74.6 Å². The maximum Gasteiger partial charge on any atom is 0.345 e. The Balaban J connectivity index is 0.000000671. The molecule has 0 radical (unpaired) electrons. The molecule has 1 aromatic heterocycles. The molecule has 1 aromatic rings. The van der Waals surface area contributed by atoms with E-state index in [0.717, 1.165) is 11.3 Å². The summed E-state index contributed by atoms with van der Waals surface area (Å²) in [6.45, 7) is 6.00. The third-order valence-corrected chi connectivity index (χ3v) is 2.09. The molecule has 4 nitrogen and oxygen atoms in total. The van der Waals surface area contributed by atoms with Gasteiger partial charge in [-0.2, -0.15) is 0 Å². The van der Waals surface area contributed by atoms with Gasteiger partial charge in [-0.05, 0) is 12.1 Å². The second-order valence-corrected chi connectivity index (χ2v) is 2.86. The van der Waals surface area contributed by atoms with Crippen molar-refractivity contribution in [3.63, 3.8) is 0 Å². The van der Waals surface area contributed by atoms with E-state index >= 15 is 0 Å². The van der Waals surface area contributed by atoms with E-state index in [1.54, 1.807) is 0 Å². The molecule has 2 N–H and O–H groups in total. The number of carboxylic acid groups (broad SMARTS) is 2. The SMILES string of the molecule is C=C.O=C(O)c1ccc(C(=O)O)s1. The molecule has 1 rings (SSSR count). The van der Waals surface area contributed by atoms with E-state index in [1.165, 1.54) is 12.1 Å². The van der Waals surface area contributed by atoms with E-state index in [4.69, 9.17) is 10.2 Å². The molecule has 0 aliphatic carbocycles. The molecule has 0 saturated carbocycles. The van der Waals surface area contributed by atoms with Crippen LogP contribution in [0.15, 0.2) is 25.3 Å². The Bertz CT molecular complexity index is 287. The van der Waals surface area contributed by atoms with Crippen LogP contribution in [0.3, 0.4) is 0 Å². The van der Waals surface area contributed by atoms with E-state index in [9.17, 15) is 9.59 Å². The zero-order valence-electron chi connectivity index (χ0n) is 6.69. The van der Waals surface area contributed by atoms with Gasteiger partial charge < -0.3 is 10.2 Å². The average Bonchev–Trinajstić information content (AvgIpc) is 2.56. The van der Waals surface area contributed by atoms with Gasteiger partial charge in [0.05, 0.1) is 0 Å². The van der Waals surface area contributed by atoms with Crippen molar-refractivity contribution in [2.24, 2.45) is 0 Å². The summed E-state index contributed by atoms with van der Waals surface area (Å²) < 4.78 is 0. The summed E-state index contributed by atoms with van der Waals surface area (Å²) in [7, 11) is 0. The number of carbonyl (C=O) groups is 2. The number of hydrogen-bond donors (Lipinski definition) is 2. The van der Waals surface area contributed by atoms with Crippen molar-refractivity contribution in [3.05, 3.63) is 35.0 Å². The molecule has 5 heteroatoms. The molecule has 0 aliphatic rings. The van der Waals surface area contributed by atoms with Gasteiger partial charge in [0.15, 0.2) is 0 Å². The van der Waals surface area contributed by atoms with E-state index in [2.05, 4.69) is 13.2 Å². The van der Waals surface area contributed by atoms with Gasteiger partial charge in [-0.15, -0.1) is 24.5 Å². The summed E-state index contributed by atoms with van der Waals surface area (Å²) >= 11 is 0.750. The van der Waals surface area contributed by atoms with E-state index in [-0.39, 0.29) is 9.75 Å². The molecule has 0 aromatic carbocycles. The van der Waals surface area contributed by atoms with Crippen LogP contribution in [0.4, 0.5) is 0 Å². The lowest BCUT2D eigenvalue weighted by molar-refractivity contribution is 0.0693. The Kier molecular flexibility index (Phi) is 4.47. The largest absolute Gasteiger partial charge is 0.477 e. The van der Waals surface area contributed by atoms with Crippen LogP contribution in [0, 0.1) is 0 Å². The van der Waals surface area contributed by atoms with Gasteiger partial charge >= 0.3 is 11.9 Å². The van der Waals surface area contributed by atoms with Crippen molar-refractivity contribution in [3.8, 4) is 0 Å². The van der Waals surface area contributed by atoms with Gasteiger partial charge in [0.25, 0.3) is 0 Å². The van der Waals surface area contributed by atoms with Crippen LogP contribution >= 0.6 is 11.3 Å². The highest BCUT2D eigenvalue weighted by Crippen LogP contribution is 2.15. The second kappa shape index (κ2) is 5.10. The summed E-state index contributed by atoms with van der Waals surface area (Å²) in [6, 6.07) is 2.55. The smallest absolute Gasteiger partial charge is 0.345 e. The van der Waals surface area contributed by atoms with Crippen molar-refractivity contribution < 1.29 is 19.8 Å². The van der Waals surface area contributed by atoms with E-state index < -0.39 is 11.9 Å². The molecule has 0 aliphatic heterocycles. The van der Waals surface area contributed by atoms with Crippen molar-refractivity contribution in [2.75, 3.05) is 0 Å². The monoisotopic (exact) mass is 200 g/mol. The minimum atomic E-state index is -1.09. The fourth-order valence-electron chi connectivity index (χ4n) is 0.568. The predicted molar refractivity (Wildman–Crippen MR) is 49.5 cm³/mol. The molecule has 0 unspecified atom stereocenters. The molecular formula is C8H8O4S. The molecule has 70 valence electrons. The maximum absolute atomic E-state index is 10.3. The Labute approximate surface area is 78.8 Å². The van der Waals surface area contributed by atoms with Crippen LogP contribution in [0.5, 0.6) is 0 Å². The Morgan fingerprint density at radius 3 is 1.54 bits per heavy atom. The third kappa shape index (κ3) is 3.08. The number of carboxylic acids is 2. The quantitative estimate of drug-likeness (QED) is 0.715. The average molecular weight is 200 g/mol. The van der Waals surface area contributed by atoms with Crippen LogP contribution in [0.2, 0.25) is 0 Å². The number of thiophene rings is 1. The molecule has 0 saturated heterocycles. The first-order valence-electron chi connectivity index (χ1n) is 3.17. The molecular weight excluding hydrogens is 192 g/mol. The highest BCUT2D eigenvalue weighted by atomic mass is 32.1. The van der Waals surface area contributed by atoms with Gasteiger partial charge in [0.1, 0.15) is 9.75 Å². The first-order valence-corrected chi connectivity index (χ1v) is 3.99. The Hall–Kier alpha value is -1.62. The van der Waals surface area contributed by atoms with Crippen molar-refractivity contribution in [2.45, 2.75) is 0 Å². The van der Waals surface area contributed by atoms with Crippen molar-refractivity contribution in [1.82, 2.24) is 0 Å². The molecule has 0 spiro atoms. The maximum atomic E-state index is 10.3. The van der Waals surface area contributed by atoms with Crippen molar-refractivity contribution in [1.29, 1.82) is 0 Å². The molecule has 0 atom stereocenters. The van der Waals surface area contributed by atoms with Gasteiger partial charge in [0.2, 0.25) is 0 Å². The minimum absolute atomic E-state index is 0.0439. The normalized spacial score (nSPS) is 8.31. The van der Waals surface area contributed by atoms with Crippen LogP contribution in [-0.2, 0) is 0 Å². The first-order chi connectivity index (χ1) is 6.11. The van der Waals surface area contributed by atoms with Gasteiger partial charge in [-0.3, -0.25) is 0 Å². The lowest BCUT2D eigenvalue weighted by atomic mass is 10.4. The van der Waals surface area contributed by atoms with E-state index in [1.807, 2.05) is 0 Å². The van der Waals surface area contributed by atoms with Gasteiger partial charge in [-0.25, -0.2) is 9.59 Å². The highest BCUT2D eigenvalue weighted by Gasteiger charge is 2.10. The standard InChI is InChI=1S/C6H4O4S.C2H4/c7-5(8)3-1-2-4(11-3)6(9)10;1-2/h1-2H,(H,7,8)(H,9,10);1-2H2. The Morgan fingerprint density at radius 2 is 1.38 bits per heavy atom. The summed E-state index contributed by atoms with van der Waals surface area (Å²) in [6.07, 6.45) is 0. The number of rotatable bonds is 2. The van der Waals surface area contributed by atoms with Crippen LogP contribution in [-0.4, -0.2) is 22.2 Å². The van der Waals surface area contributed by atoms with Crippen molar-refractivity contribution >= 4 is 23.3 Å². The number of aromatic carboxylic acids is 2. The minimum Gasteiger partial charge on any atom is -0.477 e. The first kappa shape index (κ1) is 11.4. The molecule has 0 amide bonds. The lowest BCUT2D eigenvalue weighted by Crippen LogP contribution is -1.91. The molecule has 0 bridgehead atoms. The van der Waals surface area contributed by atoms with Crippen LogP contribution < -0.4 is 0 Å². The zero-order chi connectivity index (χ0) is 10.4. The number of hydrogen-bond acceptors (Lipinski definition) is 3. The highest BCUT2D eigenvalue weighted by molar-refractivity contribution is 7.15. The molecule has 0 fully saturated rings. The fraction of sp³-hybridized carbons (Fsp3) is 0. The fourth-order valence-corrected chi connectivity index (χ4v) is 1.25. The summed E-state index contributed by atoms with van der Waals surface area (Å²) in [5.41, 5.74) is 0. The van der Waals surface area contributed by atoms with Gasteiger partial charge in [-0.1, -0.05) is 0 Å². The van der Waals surface area contributed by atoms with Crippen LogP contribution in [0.25, 0.3) is 0 Å². The van der Waals surface area contributed by atoms with Gasteiger partial charge in [0, 0.05) is 0 Å². The zero-order valence-corrected chi connectivity index (χ0v) is 7.50. The predicted octanol–water partition coefficient (Wildman–Crippen LogP) is 1.95. The summed E-state index contributed by atoms with van der Waals surface area (Å²) in [4.78, 5) is 20.6. The second-order valence-electron chi connectivity index (χ2n) is 1.77. The third-order valence-electron chi connectivity index (χ3n) is 1.03. The molecule has 1 heterocycles. The Morgan fingerprint density at radius 1 is 1.08 bits per heavy atom. The van der Waals surface area contributed by atoms with E-state index in [0.29, 0.717) is 0 Å².